The van der Waals surface area contributed by atoms with Crippen molar-refractivity contribution in [3.63, 3.8) is 0 Å². The van der Waals surface area contributed by atoms with Gasteiger partial charge in [-0.15, -0.1) is 11.3 Å². The predicted molar refractivity (Wildman–Crippen MR) is 112 cm³/mol. The Bertz CT molecular complexity index is 1190. The van der Waals surface area contributed by atoms with Gasteiger partial charge in [0.25, 0.3) is 0 Å². The molecule has 2 aromatic carbocycles. The van der Waals surface area contributed by atoms with Gasteiger partial charge in [0.1, 0.15) is 0 Å². The van der Waals surface area contributed by atoms with E-state index in [2.05, 4.69) is 4.98 Å². The number of aliphatic hydroxyl groups excluding tert-OH is 1. The molecule has 0 aliphatic carbocycles. The van der Waals surface area contributed by atoms with E-state index in [1.165, 1.54) is 23.5 Å². The summed E-state index contributed by atoms with van der Waals surface area (Å²) in [6.07, 6.45) is -3.51. The van der Waals surface area contributed by atoms with Gasteiger partial charge in [-0.05, 0) is 55.8 Å². The average molecular weight is 435 g/mol. The number of alkyl halides is 3. The van der Waals surface area contributed by atoms with Crippen molar-refractivity contribution in [2.75, 3.05) is 6.61 Å². The number of hydrogen-bond acceptors (Lipinski definition) is 4. The highest BCUT2D eigenvalue weighted by Gasteiger charge is 2.30. The molecule has 2 heterocycles. The van der Waals surface area contributed by atoms with E-state index in [-0.39, 0.29) is 0 Å². The number of fused-ring (bicyclic) bond motifs is 3. The lowest BCUT2D eigenvalue weighted by Gasteiger charge is -2.10. The number of amides is 1. The van der Waals surface area contributed by atoms with Crippen molar-refractivity contribution in [1.29, 1.82) is 0 Å². The molecular weight excluding hydrogens is 415 g/mol. The molecule has 0 atom stereocenters. The van der Waals surface area contributed by atoms with E-state index in [1.54, 1.807) is 22.8 Å². The SMILES string of the molecule is CCCO.Cc1nc2c(s1)c1cc(C(N)=O)ccc1n2-c1ccc(C(F)(F)F)cc1. The number of thiazole rings is 1. The van der Waals surface area contributed by atoms with Gasteiger partial charge in [0.2, 0.25) is 5.91 Å². The van der Waals surface area contributed by atoms with Gasteiger partial charge in [0.15, 0.2) is 5.65 Å². The second-order valence-corrected chi connectivity index (χ2v) is 7.79. The fourth-order valence-corrected chi connectivity index (χ4v) is 3.91. The maximum Gasteiger partial charge on any atom is 0.416 e. The number of aromatic nitrogens is 2. The first-order valence-corrected chi connectivity index (χ1v) is 9.99. The van der Waals surface area contributed by atoms with Gasteiger partial charge < -0.3 is 10.8 Å². The van der Waals surface area contributed by atoms with Crippen molar-refractivity contribution in [1.82, 2.24) is 9.55 Å². The monoisotopic (exact) mass is 435 g/mol. The Morgan fingerprint density at radius 1 is 1.20 bits per heavy atom. The molecule has 0 aliphatic rings. The van der Waals surface area contributed by atoms with Gasteiger partial charge in [-0.1, -0.05) is 6.92 Å². The second-order valence-electron chi connectivity index (χ2n) is 6.59. The fourth-order valence-electron chi connectivity index (χ4n) is 2.98. The highest BCUT2D eigenvalue weighted by atomic mass is 32.1. The van der Waals surface area contributed by atoms with Crippen LogP contribution in [0.2, 0.25) is 0 Å². The number of aliphatic hydroxyl groups is 1. The summed E-state index contributed by atoms with van der Waals surface area (Å²) in [4.78, 5) is 16.0. The normalized spacial score (nSPS) is 11.5. The number of halogens is 3. The van der Waals surface area contributed by atoms with Crippen molar-refractivity contribution >= 4 is 38.5 Å². The van der Waals surface area contributed by atoms with Crippen molar-refractivity contribution in [2.24, 2.45) is 5.73 Å². The van der Waals surface area contributed by atoms with Crippen LogP contribution in [-0.4, -0.2) is 27.2 Å². The minimum Gasteiger partial charge on any atom is -0.396 e. The fraction of sp³-hybridized carbons (Fsp3) is 0.238. The summed E-state index contributed by atoms with van der Waals surface area (Å²) in [6.45, 7) is 4.10. The number of hydrogen-bond donors (Lipinski definition) is 2. The molecule has 0 radical (unpaired) electrons. The summed E-state index contributed by atoms with van der Waals surface area (Å²) in [7, 11) is 0. The number of carbonyl (C=O) groups excluding carboxylic acids is 1. The van der Waals surface area contributed by atoms with E-state index in [4.69, 9.17) is 10.8 Å². The summed E-state index contributed by atoms with van der Waals surface area (Å²) in [5.74, 6) is -0.538. The Kier molecular flexibility index (Phi) is 6.14. The second kappa shape index (κ2) is 8.45. The lowest BCUT2D eigenvalue weighted by atomic mass is 10.1. The summed E-state index contributed by atoms with van der Waals surface area (Å²) >= 11 is 1.46. The molecule has 0 fully saturated rings. The van der Waals surface area contributed by atoms with E-state index < -0.39 is 17.6 Å². The van der Waals surface area contributed by atoms with Gasteiger partial charge in [-0.2, -0.15) is 13.2 Å². The number of benzene rings is 2. The molecule has 3 N–H and O–H groups in total. The zero-order valence-electron chi connectivity index (χ0n) is 16.3. The smallest absolute Gasteiger partial charge is 0.396 e. The lowest BCUT2D eigenvalue weighted by Crippen LogP contribution is -2.10. The highest BCUT2D eigenvalue weighted by Crippen LogP contribution is 2.37. The molecule has 158 valence electrons. The van der Waals surface area contributed by atoms with Crippen LogP contribution in [-0.2, 0) is 6.18 Å². The minimum absolute atomic E-state index is 0.319. The van der Waals surface area contributed by atoms with E-state index in [0.717, 1.165) is 39.2 Å². The van der Waals surface area contributed by atoms with Crippen molar-refractivity contribution in [2.45, 2.75) is 26.4 Å². The Morgan fingerprint density at radius 2 is 1.83 bits per heavy atom. The number of carbonyl (C=O) groups is 1. The van der Waals surface area contributed by atoms with Crippen LogP contribution < -0.4 is 5.73 Å². The Hall–Kier alpha value is -2.91. The van der Waals surface area contributed by atoms with E-state index in [1.807, 2.05) is 13.8 Å². The van der Waals surface area contributed by atoms with Gasteiger partial charge in [0, 0.05) is 23.2 Å². The van der Waals surface area contributed by atoms with Crippen LogP contribution in [0.15, 0.2) is 42.5 Å². The Balaban J connectivity index is 0.000000589. The van der Waals surface area contributed by atoms with Crippen molar-refractivity contribution in [3.05, 3.63) is 58.6 Å². The molecule has 0 bridgehead atoms. The van der Waals surface area contributed by atoms with E-state index in [9.17, 15) is 18.0 Å². The van der Waals surface area contributed by atoms with Crippen LogP contribution in [0.5, 0.6) is 0 Å². The zero-order chi connectivity index (χ0) is 22.1. The summed E-state index contributed by atoms with van der Waals surface area (Å²) < 4.78 is 41.1. The first-order chi connectivity index (χ1) is 14.2. The van der Waals surface area contributed by atoms with Crippen molar-refractivity contribution in [3.8, 4) is 5.69 Å². The molecule has 2 aromatic heterocycles. The van der Waals surface area contributed by atoms with Gasteiger partial charge >= 0.3 is 6.18 Å². The maximum absolute atomic E-state index is 12.8. The van der Waals surface area contributed by atoms with Crippen LogP contribution in [0, 0.1) is 6.92 Å². The van der Waals surface area contributed by atoms with Gasteiger partial charge in [-0.3, -0.25) is 9.36 Å². The number of rotatable bonds is 3. The third-order valence-corrected chi connectivity index (χ3v) is 5.36. The van der Waals surface area contributed by atoms with Crippen LogP contribution in [0.25, 0.3) is 26.9 Å². The third kappa shape index (κ3) is 4.17. The molecular formula is C21H20F3N3O2S. The molecule has 9 heteroatoms. The van der Waals surface area contributed by atoms with E-state index in [0.29, 0.717) is 23.5 Å². The molecule has 0 aliphatic heterocycles. The minimum atomic E-state index is -4.39. The molecule has 5 nitrogen and oxygen atoms in total. The molecule has 0 saturated carbocycles. The van der Waals surface area contributed by atoms with Crippen LogP contribution in [0.3, 0.4) is 0 Å². The quantitative estimate of drug-likeness (QED) is 0.472. The first-order valence-electron chi connectivity index (χ1n) is 9.17. The summed E-state index contributed by atoms with van der Waals surface area (Å²) in [5, 5.41) is 9.49. The Labute approximate surface area is 174 Å². The molecule has 4 aromatic rings. The van der Waals surface area contributed by atoms with Crippen LogP contribution in [0.4, 0.5) is 13.2 Å². The molecule has 0 saturated heterocycles. The lowest BCUT2D eigenvalue weighted by molar-refractivity contribution is -0.137. The number of nitrogens with zero attached hydrogens (tertiary/aromatic N) is 2. The predicted octanol–water partition coefficient (Wildman–Crippen LogP) is 5.06. The molecule has 1 amide bonds. The standard InChI is InChI=1S/C18H12F3N3OS.C3H8O/c1-9-23-17-15(26-9)13-8-10(16(22)25)2-7-14(13)24(17)12-5-3-11(4-6-12)18(19,20)21;1-2-3-4/h2-8H,1H3,(H2,22,25);4H,2-3H2,1H3. The molecule has 4 rings (SSSR count). The number of aryl methyl sites for hydroxylation is 1. The largest absolute Gasteiger partial charge is 0.416 e. The van der Waals surface area contributed by atoms with Crippen LogP contribution in [0.1, 0.15) is 34.3 Å². The Morgan fingerprint density at radius 3 is 2.37 bits per heavy atom. The molecule has 0 unspecified atom stereocenters. The van der Waals surface area contributed by atoms with Gasteiger partial charge in [0.05, 0.1) is 20.8 Å². The maximum atomic E-state index is 12.8. The molecule has 30 heavy (non-hydrogen) atoms. The zero-order valence-corrected chi connectivity index (χ0v) is 17.1. The van der Waals surface area contributed by atoms with Crippen LogP contribution >= 0.6 is 11.3 Å². The number of nitrogens with two attached hydrogens (primary N) is 1. The van der Waals surface area contributed by atoms with Gasteiger partial charge in [-0.25, -0.2) is 4.98 Å². The van der Waals surface area contributed by atoms with Crippen molar-refractivity contribution < 1.29 is 23.1 Å². The highest BCUT2D eigenvalue weighted by molar-refractivity contribution is 7.19. The summed E-state index contributed by atoms with van der Waals surface area (Å²) in [6, 6.07) is 9.95. The third-order valence-electron chi connectivity index (χ3n) is 4.37. The number of primary amides is 1. The molecule has 0 spiro atoms. The van der Waals surface area contributed by atoms with E-state index >= 15 is 0 Å². The first kappa shape index (κ1) is 21.8. The topological polar surface area (TPSA) is 81.1 Å². The average Bonchev–Trinajstić information content (AvgIpc) is 3.22. The summed E-state index contributed by atoms with van der Waals surface area (Å²) in [5.41, 5.74) is 6.99.